The second-order valence-electron chi connectivity index (χ2n) is 15.0. The summed E-state index contributed by atoms with van der Waals surface area (Å²) in [5, 5.41) is 1.80. The molecule has 0 N–H and O–H groups in total. The van der Waals surface area contributed by atoms with Crippen molar-refractivity contribution in [1.29, 1.82) is 0 Å². The first kappa shape index (κ1) is 32.4. The number of likely N-dealkylation sites (tertiary alicyclic amines) is 1. The van der Waals surface area contributed by atoms with Gasteiger partial charge in [0, 0.05) is 35.8 Å². The van der Waals surface area contributed by atoms with E-state index >= 15 is 4.39 Å². The van der Waals surface area contributed by atoms with Crippen molar-refractivity contribution in [2.75, 3.05) is 43.0 Å². The molecule has 2 saturated heterocycles. The van der Waals surface area contributed by atoms with E-state index < -0.39 is 23.6 Å². The van der Waals surface area contributed by atoms with Crippen LogP contribution in [0.4, 0.5) is 25.0 Å². The normalized spacial score (nSPS) is 23.5. The Morgan fingerprint density at radius 3 is 2.62 bits per heavy atom. The lowest BCUT2D eigenvalue weighted by atomic mass is 9.94. The van der Waals surface area contributed by atoms with Crippen LogP contribution in [0.15, 0.2) is 42.2 Å². The van der Waals surface area contributed by atoms with Crippen LogP contribution in [0.2, 0.25) is 0 Å². The van der Waals surface area contributed by atoms with Crippen molar-refractivity contribution in [3.8, 4) is 17.1 Å². The molecule has 50 heavy (non-hydrogen) atoms. The third-order valence-electron chi connectivity index (χ3n) is 10.6. The number of carbonyl (C=O) groups is 1. The number of fused-ring (bicyclic) bond motifs is 5. The molecule has 6 heterocycles. The smallest absolute Gasteiger partial charge is 0.410 e. The molecule has 0 radical (unpaired) electrons. The number of rotatable bonds is 2. The number of hydrogen-bond donors (Lipinski definition) is 0. The Hall–Kier alpha value is -4.80. The van der Waals surface area contributed by atoms with Crippen molar-refractivity contribution in [2.45, 2.75) is 77.3 Å². The Bertz CT molecular complexity index is 2130. The highest BCUT2D eigenvalue weighted by Gasteiger charge is 2.50. The zero-order valence-electron chi connectivity index (χ0n) is 29.1. The third kappa shape index (κ3) is 4.99. The Morgan fingerprint density at radius 1 is 1.10 bits per heavy atom. The zero-order valence-corrected chi connectivity index (χ0v) is 29.1. The largest absolute Gasteiger partial charge is 0.469 e. The van der Waals surface area contributed by atoms with Gasteiger partial charge in [0.05, 0.1) is 24.8 Å². The van der Waals surface area contributed by atoms with Crippen LogP contribution in [0.3, 0.4) is 0 Å². The van der Waals surface area contributed by atoms with Gasteiger partial charge in [0.2, 0.25) is 5.88 Å². The van der Waals surface area contributed by atoms with E-state index in [9.17, 15) is 14.0 Å². The van der Waals surface area contributed by atoms with Crippen molar-refractivity contribution < 1.29 is 27.8 Å². The van der Waals surface area contributed by atoms with Crippen molar-refractivity contribution in [2.24, 2.45) is 0 Å². The molecule has 0 bridgehead atoms. The standard InChI is InChI=1S/C38H40F2N6O4/c1-20-16-45-27(17-44(20)37(48)50-38(3,4)5)28(19-47)46-18-29(26-11-8-14-43(26)6)49-36-35(46)34(45)24-15-41-32(31(40)33(24)42-36)23-10-7-9-22-12-13-25(39)21(2)30(22)23/h7,9-10,12-13,15,20,26-27,29H,8,11,14,16-18H2,1-6H3/t20-,26+,27-,29-/m1/s1. The van der Waals surface area contributed by atoms with E-state index in [1.54, 1.807) is 36.2 Å². The molecule has 2 aromatic heterocycles. The molecule has 4 aromatic rings. The highest BCUT2D eigenvalue weighted by molar-refractivity contribution is 6.06. The lowest BCUT2D eigenvalue weighted by Crippen LogP contribution is -2.65. The quantitative estimate of drug-likeness (QED) is 0.228. The molecule has 8 rings (SSSR count). The number of hydrogen-bond acceptors (Lipinski definition) is 9. The third-order valence-corrected chi connectivity index (χ3v) is 10.6. The van der Waals surface area contributed by atoms with Gasteiger partial charge in [-0.3, -0.25) is 9.88 Å². The van der Waals surface area contributed by atoms with E-state index in [-0.39, 0.29) is 47.6 Å². The lowest BCUT2D eigenvalue weighted by Gasteiger charge is -2.53. The minimum atomic E-state index is -0.701. The van der Waals surface area contributed by atoms with Crippen LogP contribution >= 0.6 is 0 Å². The van der Waals surface area contributed by atoms with Gasteiger partial charge in [0.25, 0.3) is 0 Å². The second-order valence-corrected chi connectivity index (χ2v) is 15.0. The summed E-state index contributed by atoms with van der Waals surface area (Å²) in [6.45, 7) is 10.8. The first-order valence-electron chi connectivity index (χ1n) is 17.2. The number of ether oxygens (including phenoxy) is 2. The van der Waals surface area contributed by atoms with Crippen molar-refractivity contribution in [1.82, 2.24) is 19.8 Å². The fourth-order valence-electron chi connectivity index (χ4n) is 8.29. The summed E-state index contributed by atoms with van der Waals surface area (Å²) in [6.07, 6.45) is 2.70. The number of carbonyl (C=O) groups excluding carboxylic acids is 2. The summed E-state index contributed by atoms with van der Waals surface area (Å²) in [7, 11) is 2.05. The molecular formula is C38H40F2N6O4. The van der Waals surface area contributed by atoms with E-state index in [0.29, 0.717) is 52.1 Å². The molecule has 0 saturated carbocycles. The number of amides is 1. The van der Waals surface area contributed by atoms with Crippen LogP contribution < -0.4 is 14.5 Å². The van der Waals surface area contributed by atoms with Crippen LogP contribution in [0.25, 0.3) is 32.9 Å². The molecular weight excluding hydrogens is 642 g/mol. The topological polar surface area (TPSA) is 91.3 Å². The predicted molar refractivity (Wildman–Crippen MR) is 187 cm³/mol. The van der Waals surface area contributed by atoms with Gasteiger partial charge in [-0.25, -0.2) is 23.4 Å². The van der Waals surface area contributed by atoms with Crippen molar-refractivity contribution >= 4 is 45.1 Å². The van der Waals surface area contributed by atoms with Gasteiger partial charge in [0.15, 0.2) is 5.82 Å². The zero-order chi connectivity index (χ0) is 35.2. The average molecular weight is 683 g/mol. The number of aryl methyl sites for hydroxylation is 1. The molecule has 0 aliphatic carbocycles. The fourth-order valence-corrected chi connectivity index (χ4v) is 8.29. The molecule has 1 amide bonds. The predicted octanol–water partition coefficient (Wildman–Crippen LogP) is 6.24. The lowest BCUT2D eigenvalue weighted by molar-refractivity contribution is 0.0132. The van der Waals surface area contributed by atoms with E-state index in [1.165, 1.54) is 6.07 Å². The van der Waals surface area contributed by atoms with Gasteiger partial charge in [0.1, 0.15) is 46.1 Å². The molecule has 0 unspecified atom stereocenters. The van der Waals surface area contributed by atoms with E-state index in [0.717, 1.165) is 24.8 Å². The van der Waals surface area contributed by atoms with E-state index in [2.05, 4.69) is 22.9 Å². The van der Waals surface area contributed by atoms with Gasteiger partial charge in [-0.05, 0) is 83.5 Å². The number of nitrogens with zero attached hydrogens (tertiary/aromatic N) is 6. The molecule has 4 aliphatic heterocycles. The maximum atomic E-state index is 17.1. The molecule has 2 fully saturated rings. The summed E-state index contributed by atoms with van der Waals surface area (Å²) in [5.41, 5.74) is 1.86. The molecule has 4 aliphatic rings. The van der Waals surface area contributed by atoms with Gasteiger partial charge in [-0.15, -0.1) is 0 Å². The summed E-state index contributed by atoms with van der Waals surface area (Å²) < 4.78 is 44.3. The Balaban J connectivity index is 1.33. The summed E-state index contributed by atoms with van der Waals surface area (Å²) in [4.78, 5) is 43.7. The monoisotopic (exact) mass is 682 g/mol. The molecule has 4 atom stereocenters. The molecule has 12 heteroatoms. The van der Waals surface area contributed by atoms with Crippen LogP contribution in [0.5, 0.6) is 5.88 Å². The summed E-state index contributed by atoms with van der Waals surface area (Å²) in [5.74, 6) is 1.42. The highest BCUT2D eigenvalue weighted by atomic mass is 19.1. The first-order valence-corrected chi connectivity index (χ1v) is 17.2. The number of benzene rings is 2. The molecule has 0 spiro atoms. The Labute approximate surface area is 289 Å². The van der Waals surface area contributed by atoms with Crippen LogP contribution in [0.1, 0.15) is 46.1 Å². The summed E-state index contributed by atoms with van der Waals surface area (Å²) in [6, 6.07) is 7.66. The van der Waals surface area contributed by atoms with Crippen molar-refractivity contribution in [3.63, 3.8) is 0 Å². The highest BCUT2D eigenvalue weighted by Crippen LogP contribution is 2.53. The SMILES string of the molecule is Cc1c(F)ccc2cccc(-c3ncc4c5c6c(nc4c3F)O[C@@H]([C@@H]3CCCN3C)CN6C(=C=O)[C@H]3CN(C(=O)OC(C)(C)C)[C@H](C)CN53)c12. The van der Waals surface area contributed by atoms with Crippen LogP contribution in [0, 0.1) is 18.6 Å². The fraction of sp³-hybridized carbons (Fsp3) is 0.447. The van der Waals surface area contributed by atoms with Crippen LogP contribution in [-0.4, -0.2) is 94.9 Å². The molecule has 260 valence electrons. The van der Waals surface area contributed by atoms with E-state index in [1.807, 2.05) is 43.6 Å². The van der Waals surface area contributed by atoms with Crippen molar-refractivity contribution in [3.05, 3.63) is 59.4 Å². The number of anilines is 2. The Morgan fingerprint density at radius 2 is 1.90 bits per heavy atom. The molecule has 2 aromatic carbocycles. The second kappa shape index (κ2) is 11.6. The number of halogens is 2. The first-order chi connectivity index (χ1) is 23.9. The maximum Gasteiger partial charge on any atom is 0.410 e. The van der Waals surface area contributed by atoms with Gasteiger partial charge >= 0.3 is 6.09 Å². The minimum absolute atomic E-state index is 0.0557. The van der Waals surface area contributed by atoms with Crippen LogP contribution in [-0.2, 0) is 9.53 Å². The summed E-state index contributed by atoms with van der Waals surface area (Å²) >= 11 is 0. The van der Waals surface area contributed by atoms with Gasteiger partial charge in [-0.2, -0.15) is 0 Å². The Kier molecular flexibility index (Phi) is 7.54. The maximum absolute atomic E-state index is 17.1. The number of aromatic nitrogens is 2. The number of pyridine rings is 2. The molecule has 10 nitrogen and oxygen atoms in total. The minimum Gasteiger partial charge on any atom is -0.469 e. The average Bonchev–Trinajstić information content (AvgIpc) is 3.51. The number of likely N-dealkylation sites (N-methyl/N-ethyl adjacent to an activating group) is 1. The van der Waals surface area contributed by atoms with E-state index in [4.69, 9.17) is 14.5 Å². The van der Waals surface area contributed by atoms with Gasteiger partial charge in [-0.1, -0.05) is 24.3 Å². The van der Waals surface area contributed by atoms with Gasteiger partial charge < -0.3 is 24.2 Å². The number of piperazine rings is 1.